The molecule has 0 spiro atoms. The minimum atomic E-state index is -0.450. The first kappa shape index (κ1) is 13.8. The van der Waals surface area contributed by atoms with Crippen LogP contribution < -0.4 is 5.32 Å². The van der Waals surface area contributed by atoms with E-state index in [0.29, 0.717) is 13.2 Å². The van der Waals surface area contributed by atoms with E-state index in [1.807, 2.05) is 6.92 Å². The molecule has 0 radical (unpaired) electrons. The normalized spacial score (nSPS) is 23.6. The number of aliphatic hydroxyl groups excluding tert-OH is 1. The van der Waals surface area contributed by atoms with Crippen molar-refractivity contribution in [1.29, 1.82) is 0 Å². The van der Waals surface area contributed by atoms with Gasteiger partial charge in [-0.2, -0.15) is 0 Å². The van der Waals surface area contributed by atoms with E-state index in [0.717, 1.165) is 6.42 Å². The van der Waals surface area contributed by atoms with Crippen molar-refractivity contribution in [3.8, 4) is 0 Å². The van der Waals surface area contributed by atoms with Crippen molar-refractivity contribution in [3.63, 3.8) is 0 Å². The second kappa shape index (κ2) is 6.44. The lowest BCUT2D eigenvalue weighted by atomic mass is 10.0. The van der Waals surface area contributed by atoms with E-state index in [9.17, 15) is 14.7 Å². The number of hydrogen-bond donors (Lipinski definition) is 2. The molecular weight excluding hydrogens is 224 g/mol. The van der Waals surface area contributed by atoms with Crippen molar-refractivity contribution in [1.82, 2.24) is 10.2 Å². The smallest absolute Gasteiger partial charge is 0.325 e. The van der Waals surface area contributed by atoms with Crippen LogP contribution in [0.25, 0.3) is 0 Å². The highest BCUT2D eigenvalue weighted by atomic mass is 16.5. The van der Waals surface area contributed by atoms with Gasteiger partial charge in [0.1, 0.15) is 6.54 Å². The number of esters is 1. The molecule has 98 valence electrons. The fourth-order valence-electron chi connectivity index (χ4n) is 2.00. The van der Waals surface area contributed by atoms with E-state index in [2.05, 4.69) is 5.32 Å². The Balaban J connectivity index is 2.40. The highest BCUT2D eigenvalue weighted by molar-refractivity contribution is 5.81. The molecule has 2 atom stereocenters. The number of nitrogens with zero attached hydrogens (tertiary/aromatic N) is 1. The van der Waals surface area contributed by atoms with Crippen LogP contribution in [-0.4, -0.2) is 54.4 Å². The fourth-order valence-corrected chi connectivity index (χ4v) is 2.00. The van der Waals surface area contributed by atoms with E-state index in [1.54, 1.807) is 11.8 Å². The third kappa shape index (κ3) is 3.59. The Morgan fingerprint density at radius 2 is 2.24 bits per heavy atom. The van der Waals surface area contributed by atoms with Gasteiger partial charge in [-0.15, -0.1) is 0 Å². The number of rotatable bonds is 4. The molecule has 0 aliphatic carbocycles. The molecule has 1 rings (SSSR count). The zero-order valence-corrected chi connectivity index (χ0v) is 10.3. The van der Waals surface area contributed by atoms with Crippen LogP contribution in [0.4, 0.5) is 4.79 Å². The molecule has 1 aliphatic heterocycles. The summed E-state index contributed by atoms with van der Waals surface area (Å²) in [7, 11) is 0. The van der Waals surface area contributed by atoms with Crippen molar-refractivity contribution in [2.75, 3.05) is 26.3 Å². The van der Waals surface area contributed by atoms with Gasteiger partial charge in [-0.05, 0) is 19.3 Å². The SMILES string of the molecule is CCOC(=O)CNC(=O)N1CCC(C)C1CO. The van der Waals surface area contributed by atoms with Gasteiger partial charge in [0.25, 0.3) is 0 Å². The first-order valence-electron chi connectivity index (χ1n) is 5.91. The summed E-state index contributed by atoms with van der Waals surface area (Å²) in [6.45, 7) is 4.45. The maximum Gasteiger partial charge on any atom is 0.325 e. The summed E-state index contributed by atoms with van der Waals surface area (Å²) in [6.07, 6.45) is 0.873. The predicted molar refractivity (Wildman–Crippen MR) is 61.4 cm³/mol. The molecule has 0 saturated carbocycles. The third-order valence-corrected chi connectivity index (χ3v) is 3.02. The summed E-state index contributed by atoms with van der Waals surface area (Å²) in [6, 6.07) is -0.473. The number of hydrogen-bond acceptors (Lipinski definition) is 4. The van der Waals surface area contributed by atoms with Crippen molar-refractivity contribution < 1.29 is 19.4 Å². The van der Waals surface area contributed by atoms with Crippen LogP contribution in [0, 0.1) is 5.92 Å². The van der Waals surface area contributed by atoms with Gasteiger partial charge in [0.2, 0.25) is 0 Å². The van der Waals surface area contributed by atoms with E-state index < -0.39 is 5.97 Å². The lowest BCUT2D eigenvalue weighted by Crippen LogP contribution is -2.47. The average molecular weight is 244 g/mol. The topological polar surface area (TPSA) is 78.9 Å². The first-order valence-corrected chi connectivity index (χ1v) is 5.91. The number of ether oxygens (including phenoxy) is 1. The number of likely N-dealkylation sites (tertiary alicyclic amines) is 1. The number of carbonyl (C=O) groups is 2. The molecule has 1 aliphatic rings. The lowest BCUT2D eigenvalue weighted by Gasteiger charge is -2.25. The summed E-state index contributed by atoms with van der Waals surface area (Å²) in [5.41, 5.74) is 0. The van der Waals surface area contributed by atoms with Crippen LogP contribution in [0.15, 0.2) is 0 Å². The van der Waals surface area contributed by atoms with Gasteiger partial charge >= 0.3 is 12.0 Å². The van der Waals surface area contributed by atoms with Gasteiger partial charge in [-0.1, -0.05) is 6.92 Å². The van der Waals surface area contributed by atoms with Crippen molar-refractivity contribution in [3.05, 3.63) is 0 Å². The Hall–Kier alpha value is -1.30. The Morgan fingerprint density at radius 1 is 1.53 bits per heavy atom. The second-order valence-corrected chi connectivity index (χ2v) is 4.17. The summed E-state index contributed by atoms with van der Waals surface area (Å²) in [4.78, 5) is 24.4. The van der Waals surface area contributed by atoms with Gasteiger partial charge in [-0.25, -0.2) is 4.79 Å². The van der Waals surface area contributed by atoms with Gasteiger partial charge in [0.05, 0.1) is 19.3 Å². The molecule has 2 N–H and O–H groups in total. The lowest BCUT2D eigenvalue weighted by molar-refractivity contribution is -0.141. The molecule has 17 heavy (non-hydrogen) atoms. The highest BCUT2D eigenvalue weighted by Gasteiger charge is 2.33. The molecule has 6 heteroatoms. The maximum absolute atomic E-state index is 11.8. The molecule has 1 saturated heterocycles. The van der Waals surface area contributed by atoms with Crippen LogP contribution in [0.2, 0.25) is 0 Å². The van der Waals surface area contributed by atoms with Crippen molar-refractivity contribution >= 4 is 12.0 Å². The molecule has 2 unspecified atom stereocenters. The van der Waals surface area contributed by atoms with Crippen LogP contribution >= 0.6 is 0 Å². The molecule has 0 aromatic rings. The molecule has 6 nitrogen and oxygen atoms in total. The molecule has 1 heterocycles. The van der Waals surface area contributed by atoms with Crippen LogP contribution in [0.1, 0.15) is 20.3 Å². The van der Waals surface area contributed by atoms with Crippen molar-refractivity contribution in [2.24, 2.45) is 5.92 Å². The highest BCUT2D eigenvalue weighted by Crippen LogP contribution is 2.23. The van der Waals surface area contributed by atoms with Crippen LogP contribution in [0.3, 0.4) is 0 Å². The average Bonchev–Trinajstić information content (AvgIpc) is 2.67. The monoisotopic (exact) mass is 244 g/mol. The van der Waals surface area contributed by atoms with Gasteiger partial charge < -0.3 is 20.1 Å². The third-order valence-electron chi connectivity index (χ3n) is 3.02. The van der Waals surface area contributed by atoms with E-state index in [1.165, 1.54) is 0 Å². The molecule has 0 aromatic heterocycles. The standard InChI is InChI=1S/C11H20N2O4/c1-3-17-10(15)6-12-11(16)13-5-4-8(2)9(13)7-14/h8-9,14H,3-7H2,1-2H3,(H,12,16). The predicted octanol–water partition coefficient (Wildman–Crippen LogP) is -0.0382. The molecule has 0 bridgehead atoms. The van der Waals surface area contributed by atoms with Gasteiger partial charge in [-0.3, -0.25) is 4.79 Å². The van der Waals surface area contributed by atoms with E-state index >= 15 is 0 Å². The Kier molecular flexibility index (Phi) is 5.21. The Labute approximate surface area is 101 Å². The molecule has 0 aromatic carbocycles. The van der Waals surface area contributed by atoms with Crippen molar-refractivity contribution in [2.45, 2.75) is 26.3 Å². The summed E-state index contributed by atoms with van der Waals surface area (Å²) in [5, 5.41) is 11.7. The van der Waals surface area contributed by atoms with Gasteiger partial charge in [0, 0.05) is 6.54 Å². The minimum absolute atomic E-state index is 0.0476. The van der Waals surface area contributed by atoms with E-state index in [4.69, 9.17) is 4.74 Å². The largest absolute Gasteiger partial charge is 0.465 e. The molecule has 2 amide bonds. The fraction of sp³-hybridized carbons (Fsp3) is 0.818. The Bertz CT molecular complexity index is 283. The Morgan fingerprint density at radius 3 is 2.82 bits per heavy atom. The number of aliphatic hydroxyl groups is 1. The number of amides is 2. The molecular formula is C11H20N2O4. The second-order valence-electron chi connectivity index (χ2n) is 4.17. The number of urea groups is 1. The minimum Gasteiger partial charge on any atom is -0.465 e. The number of carbonyl (C=O) groups excluding carboxylic acids is 2. The number of nitrogens with one attached hydrogen (secondary N) is 1. The van der Waals surface area contributed by atoms with Crippen LogP contribution in [-0.2, 0) is 9.53 Å². The first-order chi connectivity index (χ1) is 8.10. The zero-order chi connectivity index (χ0) is 12.8. The van der Waals surface area contributed by atoms with Gasteiger partial charge in [0.15, 0.2) is 0 Å². The maximum atomic E-state index is 11.8. The van der Waals surface area contributed by atoms with E-state index in [-0.39, 0.29) is 31.1 Å². The van der Waals surface area contributed by atoms with Crippen LogP contribution in [0.5, 0.6) is 0 Å². The zero-order valence-electron chi connectivity index (χ0n) is 10.3. The summed E-state index contributed by atoms with van der Waals surface area (Å²) in [5.74, 6) is -0.165. The summed E-state index contributed by atoms with van der Waals surface area (Å²) >= 11 is 0. The quantitative estimate of drug-likeness (QED) is 0.680. The summed E-state index contributed by atoms with van der Waals surface area (Å²) < 4.78 is 4.71. The molecule has 1 fully saturated rings.